The molecule has 0 radical (unpaired) electrons. The second-order valence-electron chi connectivity index (χ2n) is 5.11. The van der Waals surface area contributed by atoms with Crippen LogP contribution in [0.2, 0.25) is 0 Å². The summed E-state index contributed by atoms with van der Waals surface area (Å²) >= 11 is 1.43. The molecule has 0 aliphatic rings. The summed E-state index contributed by atoms with van der Waals surface area (Å²) in [4.78, 5) is 4.45. The van der Waals surface area contributed by atoms with Crippen molar-refractivity contribution in [1.82, 2.24) is 15.2 Å². The fourth-order valence-electron chi connectivity index (χ4n) is 2.08. The molecular weight excluding hydrogens is 297 g/mol. The Bertz CT molecular complexity index is 753. The van der Waals surface area contributed by atoms with E-state index in [1.54, 1.807) is 12.1 Å². The zero-order valence-corrected chi connectivity index (χ0v) is 13.0. The Kier molecular flexibility index (Phi) is 4.53. The number of aromatic amines is 1. The number of nitrogens with one attached hydrogen (secondary N) is 1. The number of thioether (sulfide) groups is 1. The minimum absolute atomic E-state index is 0.189. The Labute approximate surface area is 133 Å². The normalized spacial score (nSPS) is 10.8. The molecule has 0 amide bonds. The predicted octanol–water partition coefficient (Wildman–Crippen LogP) is 4.14. The molecule has 0 spiro atoms. The van der Waals surface area contributed by atoms with Crippen molar-refractivity contribution in [2.45, 2.75) is 24.3 Å². The maximum atomic E-state index is 13.6. The molecular formula is C17H16FN3S. The summed E-state index contributed by atoms with van der Waals surface area (Å²) in [5.74, 6) is 1.15. The second kappa shape index (κ2) is 6.75. The lowest BCUT2D eigenvalue weighted by molar-refractivity contribution is 0.617. The third-order valence-corrected chi connectivity index (χ3v) is 4.21. The van der Waals surface area contributed by atoms with Crippen LogP contribution in [0.25, 0.3) is 0 Å². The number of H-pyrrole nitrogens is 1. The largest absolute Gasteiger partial charge is 0.262 e. The van der Waals surface area contributed by atoms with Gasteiger partial charge in [-0.25, -0.2) is 9.37 Å². The molecule has 22 heavy (non-hydrogen) atoms. The maximum Gasteiger partial charge on any atom is 0.208 e. The van der Waals surface area contributed by atoms with Crippen molar-refractivity contribution in [2.24, 2.45) is 0 Å². The minimum atomic E-state index is -0.189. The molecule has 3 aromatic rings. The van der Waals surface area contributed by atoms with Crippen LogP contribution in [-0.4, -0.2) is 15.2 Å². The number of aryl methyl sites for hydroxylation is 1. The number of aromatic nitrogens is 3. The van der Waals surface area contributed by atoms with E-state index < -0.39 is 0 Å². The van der Waals surface area contributed by atoms with Crippen molar-refractivity contribution in [1.29, 1.82) is 0 Å². The Morgan fingerprint density at radius 3 is 2.64 bits per heavy atom. The summed E-state index contributed by atoms with van der Waals surface area (Å²) in [6, 6.07) is 15.1. The van der Waals surface area contributed by atoms with Gasteiger partial charge in [0.15, 0.2) is 0 Å². The van der Waals surface area contributed by atoms with E-state index in [1.165, 1.54) is 29.0 Å². The van der Waals surface area contributed by atoms with E-state index in [9.17, 15) is 4.39 Å². The summed E-state index contributed by atoms with van der Waals surface area (Å²) in [5.41, 5.74) is 3.09. The Hall–Kier alpha value is -2.14. The highest BCUT2D eigenvalue weighted by atomic mass is 32.2. The smallest absolute Gasteiger partial charge is 0.208 e. The molecule has 0 saturated carbocycles. The van der Waals surface area contributed by atoms with Gasteiger partial charge in [0, 0.05) is 12.2 Å². The number of nitrogens with zero attached hydrogens (tertiary/aromatic N) is 2. The lowest BCUT2D eigenvalue weighted by Crippen LogP contribution is -1.91. The average molecular weight is 313 g/mol. The number of benzene rings is 2. The van der Waals surface area contributed by atoms with E-state index in [2.05, 4.69) is 46.4 Å². The topological polar surface area (TPSA) is 41.6 Å². The first-order valence-electron chi connectivity index (χ1n) is 7.04. The molecule has 1 heterocycles. The Morgan fingerprint density at radius 1 is 1.09 bits per heavy atom. The molecule has 0 unspecified atom stereocenters. The molecule has 112 valence electrons. The van der Waals surface area contributed by atoms with E-state index in [4.69, 9.17) is 0 Å². The summed E-state index contributed by atoms with van der Waals surface area (Å²) in [6.45, 7) is 2.07. The van der Waals surface area contributed by atoms with Crippen LogP contribution in [0, 0.1) is 12.7 Å². The molecule has 2 aromatic carbocycles. The van der Waals surface area contributed by atoms with Crippen molar-refractivity contribution in [3.63, 3.8) is 0 Å². The third kappa shape index (κ3) is 3.74. The van der Waals surface area contributed by atoms with Gasteiger partial charge in [0.05, 0.1) is 0 Å². The van der Waals surface area contributed by atoms with Crippen molar-refractivity contribution in [2.75, 3.05) is 0 Å². The number of halogens is 1. The second-order valence-corrected chi connectivity index (χ2v) is 6.05. The van der Waals surface area contributed by atoms with Crippen molar-refractivity contribution in [3.8, 4) is 0 Å². The number of hydrogen-bond acceptors (Lipinski definition) is 3. The molecule has 0 aliphatic heterocycles. The van der Waals surface area contributed by atoms with Crippen LogP contribution in [0.3, 0.4) is 0 Å². The van der Waals surface area contributed by atoms with Gasteiger partial charge in [-0.1, -0.05) is 59.8 Å². The summed E-state index contributed by atoms with van der Waals surface area (Å²) in [5, 5.41) is 7.77. The standard InChI is InChI=1S/C17H16FN3S/c1-12-6-8-13(9-7-12)10-16-19-17(21-20-16)22-11-14-4-2-3-5-15(14)18/h2-9H,10-11H2,1H3,(H,19,20,21). The number of hydrogen-bond donors (Lipinski definition) is 1. The van der Waals surface area contributed by atoms with Crippen LogP contribution in [0.5, 0.6) is 0 Å². The first kappa shape index (κ1) is 14.8. The van der Waals surface area contributed by atoms with Crippen LogP contribution in [-0.2, 0) is 12.2 Å². The van der Waals surface area contributed by atoms with Crippen LogP contribution in [0.4, 0.5) is 4.39 Å². The molecule has 0 aliphatic carbocycles. The molecule has 0 fully saturated rings. The van der Waals surface area contributed by atoms with Gasteiger partial charge in [0.25, 0.3) is 0 Å². The van der Waals surface area contributed by atoms with Crippen LogP contribution in [0.15, 0.2) is 53.7 Å². The third-order valence-electron chi connectivity index (χ3n) is 3.32. The van der Waals surface area contributed by atoms with Gasteiger partial charge in [0.1, 0.15) is 11.6 Å². The van der Waals surface area contributed by atoms with Crippen molar-refractivity contribution in [3.05, 3.63) is 76.9 Å². The average Bonchev–Trinajstić information content (AvgIpc) is 2.96. The van der Waals surface area contributed by atoms with Gasteiger partial charge < -0.3 is 0 Å². The SMILES string of the molecule is Cc1ccc(Cc2nc(SCc3ccccc3F)n[nH]2)cc1. The fourth-order valence-corrected chi connectivity index (χ4v) is 2.88. The van der Waals surface area contributed by atoms with Gasteiger partial charge >= 0.3 is 0 Å². The Balaban J connectivity index is 1.61. The zero-order valence-electron chi connectivity index (χ0n) is 12.2. The van der Waals surface area contributed by atoms with Gasteiger partial charge in [-0.15, -0.1) is 5.10 Å². The lowest BCUT2D eigenvalue weighted by atomic mass is 10.1. The van der Waals surface area contributed by atoms with E-state index in [-0.39, 0.29) is 5.82 Å². The van der Waals surface area contributed by atoms with E-state index in [0.29, 0.717) is 22.9 Å². The highest BCUT2D eigenvalue weighted by molar-refractivity contribution is 7.98. The van der Waals surface area contributed by atoms with E-state index in [0.717, 1.165) is 5.82 Å². The minimum Gasteiger partial charge on any atom is -0.262 e. The molecule has 0 atom stereocenters. The molecule has 0 saturated heterocycles. The van der Waals surface area contributed by atoms with Gasteiger partial charge in [0.2, 0.25) is 5.16 Å². The highest BCUT2D eigenvalue weighted by Gasteiger charge is 2.07. The van der Waals surface area contributed by atoms with Crippen molar-refractivity contribution < 1.29 is 4.39 Å². The summed E-state index contributed by atoms with van der Waals surface area (Å²) < 4.78 is 13.6. The van der Waals surface area contributed by atoms with Crippen LogP contribution < -0.4 is 0 Å². The first-order chi connectivity index (χ1) is 10.7. The quantitative estimate of drug-likeness (QED) is 0.720. The molecule has 1 aromatic heterocycles. The van der Waals surface area contributed by atoms with Gasteiger partial charge in [-0.3, -0.25) is 5.10 Å². The first-order valence-corrected chi connectivity index (χ1v) is 8.02. The van der Waals surface area contributed by atoms with E-state index >= 15 is 0 Å². The lowest BCUT2D eigenvalue weighted by Gasteiger charge is -2.00. The predicted molar refractivity (Wildman–Crippen MR) is 86.3 cm³/mol. The van der Waals surface area contributed by atoms with E-state index in [1.807, 2.05) is 6.07 Å². The summed E-state index contributed by atoms with van der Waals surface area (Å²) in [7, 11) is 0. The molecule has 3 nitrogen and oxygen atoms in total. The van der Waals surface area contributed by atoms with Crippen molar-refractivity contribution >= 4 is 11.8 Å². The molecule has 0 bridgehead atoms. The highest BCUT2D eigenvalue weighted by Crippen LogP contribution is 2.21. The molecule has 5 heteroatoms. The molecule has 3 rings (SSSR count). The van der Waals surface area contributed by atoms with Crippen LogP contribution >= 0.6 is 11.8 Å². The van der Waals surface area contributed by atoms with Gasteiger partial charge in [-0.05, 0) is 24.1 Å². The van der Waals surface area contributed by atoms with Crippen LogP contribution in [0.1, 0.15) is 22.5 Å². The zero-order chi connectivity index (χ0) is 15.4. The Morgan fingerprint density at radius 2 is 1.86 bits per heavy atom. The number of rotatable bonds is 5. The molecule has 1 N–H and O–H groups in total. The monoisotopic (exact) mass is 313 g/mol. The van der Waals surface area contributed by atoms with Gasteiger partial charge in [-0.2, -0.15) is 0 Å². The fraction of sp³-hybridized carbons (Fsp3) is 0.176. The summed E-state index contributed by atoms with van der Waals surface area (Å²) in [6.07, 6.45) is 0.716. The maximum absolute atomic E-state index is 13.6.